The van der Waals surface area contributed by atoms with Crippen molar-refractivity contribution in [2.45, 2.75) is 6.42 Å². The van der Waals surface area contributed by atoms with Crippen LogP contribution < -0.4 is 10.9 Å². The number of H-pyrrole nitrogens is 1. The number of nitrogens with one attached hydrogen (secondary N) is 3. The first-order valence-electron chi connectivity index (χ1n) is 4.89. The highest BCUT2D eigenvalue weighted by atomic mass is 16.1. The molecule has 3 N–H and O–H groups in total. The number of hydrogen-bond donors (Lipinski definition) is 3. The third kappa shape index (κ3) is 2.16. The van der Waals surface area contributed by atoms with Gasteiger partial charge in [0.15, 0.2) is 0 Å². The summed E-state index contributed by atoms with van der Waals surface area (Å²) in [4.78, 5) is 13.2. The summed E-state index contributed by atoms with van der Waals surface area (Å²) in [6.07, 6.45) is 3.52. The normalized spacial score (nSPS) is 10.4. The van der Waals surface area contributed by atoms with E-state index in [1.807, 2.05) is 18.3 Å². The van der Waals surface area contributed by atoms with E-state index in [1.54, 1.807) is 0 Å². The van der Waals surface area contributed by atoms with E-state index in [9.17, 15) is 4.79 Å². The second-order valence-corrected chi connectivity index (χ2v) is 3.30. The van der Waals surface area contributed by atoms with E-state index in [0.717, 1.165) is 18.5 Å². The molecule has 0 saturated carbocycles. The molecule has 0 bridgehead atoms. The fourth-order valence-electron chi connectivity index (χ4n) is 1.65. The smallest absolute Gasteiger partial charge is 0.221 e. The van der Waals surface area contributed by atoms with Crippen molar-refractivity contribution in [3.05, 3.63) is 36.0 Å². The molecule has 1 heterocycles. The van der Waals surface area contributed by atoms with Crippen molar-refractivity contribution in [2.75, 3.05) is 6.54 Å². The van der Waals surface area contributed by atoms with Gasteiger partial charge in [-0.3, -0.25) is 10.2 Å². The van der Waals surface area contributed by atoms with Crippen LogP contribution in [0.15, 0.2) is 30.5 Å². The molecule has 0 aliphatic rings. The van der Waals surface area contributed by atoms with Crippen molar-refractivity contribution < 1.29 is 4.79 Å². The van der Waals surface area contributed by atoms with E-state index in [4.69, 9.17) is 0 Å². The number of amides is 1. The summed E-state index contributed by atoms with van der Waals surface area (Å²) in [6.45, 7) is 0.723. The van der Waals surface area contributed by atoms with Crippen LogP contribution in [-0.2, 0) is 11.2 Å². The molecule has 0 unspecified atom stereocenters. The van der Waals surface area contributed by atoms with Crippen LogP contribution >= 0.6 is 0 Å². The van der Waals surface area contributed by atoms with E-state index in [0.29, 0.717) is 6.41 Å². The first kappa shape index (κ1) is 9.73. The second-order valence-electron chi connectivity index (χ2n) is 3.30. The third-order valence-electron chi connectivity index (χ3n) is 2.36. The van der Waals surface area contributed by atoms with Gasteiger partial charge in [-0.25, -0.2) is 5.43 Å². The second kappa shape index (κ2) is 4.61. The summed E-state index contributed by atoms with van der Waals surface area (Å²) >= 11 is 0. The molecule has 1 aromatic heterocycles. The maximum absolute atomic E-state index is 10.00. The molecule has 15 heavy (non-hydrogen) atoms. The number of rotatable bonds is 5. The van der Waals surface area contributed by atoms with Gasteiger partial charge < -0.3 is 4.98 Å². The highest BCUT2D eigenvalue weighted by Crippen LogP contribution is 2.17. The number of carbonyl (C=O) groups excluding carboxylic acids is 1. The van der Waals surface area contributed by atoms with Crippen molar-refractivity contribution in [3.8, 4) is 0 Å². The van der Waals surface area contributed by atoms with Gasteiger partial charge in [-0.15, -0.1) is 0 Å². The number of aromatic amines is 1. The number of para-hydroxylation sites is 1. The highest BCUT2D eigenvalue weighted by Gasteiger charge is 2.01. The Balaban J connectivity index is 2.05. The molecule has 1 amide bonds. The van der Waals surface area contributed by atoms with Gasteiger partial charge in [-0.05, 0) is 18.1 Å². The SMILES string of the molecule is O=CNNCCc1c[nH]c2ccccc12. The molecule has 4 nitrogen and oxygen atoms in total. The first-order valence-corrected chi connectivity index (χ1v) is 4.89. The Morgan fingerprint density at radius 2 is 2.20 bits per heavy atom. The monoisotopic (exact) mass is 203 g/mol. The van der Waals surface area contributed by atoms with Crippen LogP contribution in [-0.4, -0.2) is 17.9 Å². The minimum Gasteiger partial charge on any atom is -0.361 e. The number of benzene rings is 1. The van der Waals surface area contributed by atoms with Crippen LogP contribution in [0.5, 0.6) is 0 Å². The average molecular weight is 203 g/mol. The first-order chi connectivity index (χ1) is 7.42. The van der Waals surface area contributed by atoms with Crippen LogP contribution in [0.1, 0.15) is 5.56 Å². The van der Waals surface area contributed by atoms with E-state index < -0.39 is 0 Å². The lowest BCUT2D eigenvalue weighted by molar-refractivity contribution is -0.110. The van der Waals surface area contributed by atoms with Crippen LogP contribution in [0.2, 0.25) is 0 Å². The van der Waals surface area contributed by atoms with Gasteiger partial charge in [0.05, 0.1) is 0 Å². The van der Waals surface area contributed by atoms with Crippen molar-refractivity contribution in [3.63, 3.8) is 0 Å². The van der Waals surface area contributed by atoms with Crippen molar-refractivity contribution in [2.24, 2.45) is 0 Å². The van der Waals surface area contributed by atoms with Gasteiger partial charge in [0, 0.05) is 23.6 Å². The van der Waals surface area contributed by atoms with Gasteiger partial charge in [-0.1, -0.05) is 18.2 Å². The van der Waals surface area contributed by atoms with Crippen LogP contribution in [0.25, 0.3) is 10.9 Å². The lowest BCUT2D eigenvalue weighted by atomic mass is 10.1. The van der Waals surface area contributed by atoms with Crippen LogP contribution in [0.3, 0.4) is 0 Å². The number of carbonyl (C=O) groups is 1. The third-order valence-corrected chi connectivity index (χ3v) is 2.36. The predicted octanol–water partition coefficient (Wildman–Crippen LogP) is 0.961. The minimum atomic E-state index is 0.634. The minimum absolute atomic E-state index is 0.634. The Hall–Kier alpha value is -1.81. The van der Waals surface area contributed by atoms with Gasteiger partial charge in [0.1, 0.15) is 0 Å². The zero-order chi connectivity index (χ0) is 10.5. The molecular weight excluding hydrogens is 190 g/mol. The quantitative estimate of drug-likeness (QED) is 0.385. The molecule has 0 saturated heterocycles. The summed E-state index contributed by atoms with van der Waals surface area (Å²) < 4.78 is 0. The Kier molecular flexibility index (Phi) is 2.99. The Morgan fingerprint density at radius 1 is 1.33 bits per heavy atom. The Morgan fingerprint density at radius 3 is 3.07 bits per heavy atom. The average Bonchev–Trinajstić information content (AvgIpc) is 2.68. The Bertz CT molecular complexity index is 450. The number of hydrazine groups is 1. The van der Waals surface area contributed by atoms with Gasteiger partial charge >= 0.3 is 0 Å². The number of fused-ring (bicyclic) bond motifs is 1. The summed E-state index contributed by atoms with van der Waals surface area (Å²) in [5.41, 5.74) is 7.63. The topological polar surface area (TPSA) is 56.9 Å². The van der Waals surface area contributed by atoms with E-state index in [-0.39, 0.29) is 0 Å². The molecule has 0 radical (unpaired) electrons. The highest BCUT2D eigenvalue weighted by molar-refractivity contribution is 5.83. The summed E-state index contributed by atoms with van der Waals surface area (Å²) in [5, 5.41) is 1.24. The van der Waals surface area contributed by atoms with E-state index in [2.05, 4.69) is 28.0 Å². The lowest BCUT2D eigenvalue weighted by Crippen LogP contribution is -2.31. The number of hydrogen-bond acceptors (Lipinski definition) is 2. The largest absolute Gasteiger partial charge is 0.361 e. The molecule has 0 spiro atoms. The standard InChI is InChI=1S/C11H13N3O/c15-8-14-13-6-5-9-7-12-11-4-2-1-3-10(9)11/h1-4,7-8,12-13H,5-6H2,(H,14,15). The molecule has 0 aliphatic heterocycles. The lowest BCUT2D eigenvalue weighted by Gasteiger charge is -2.01. The van der Waals surface area contributed by atoms with Gasteiger partial charge in [0.25, 0.3) is 0 Å². The van der Waals surface area contributed by atoms with Crippen molar-refractivity contribution in [1.29, 1.82) is 0 Å². The molecule has 78 valence electrons. The molecule has 1 aromatic carbocycles. The van der Waals surface area contributed by atoms with E-state index >= 15 is 0 Å². The van der Waals surface area contributed by atoms with E-state index in [1.165, 1.54) is 10.9 Å². The number of aromatic nitrogens is 1. The maximum Gasteiger partial charge on any atom is 0.221 e. The van der Waals surface area contributed by atoms with Gasteiger partial charge in [-0.2, -0.15) is 0 Å². The summed E-state index contributed by atoms with van der Waals surface area (Å²) in [7, 11) is 0. The molecule has 2 rings (SSSR count). The van der Waals surface area contributed by atoms with Crippen molar-refractivity contribution >= 4 is 17.3 Å². The molecule has 4 heteroatoms. The predicted molar refractivity (Wildman–Crippen MR) is 59.2 cm³/mol. The molecule has 0 fully saturated rings. The van der Waals surface area contributed by atoms with Gasteiger partial charge in [0.2, 0.25) is 6.41 Å². The summed E-state index contributed by atoms with van der Waals surface area (Å²) in [5.74, 6) is 0. The van der Waals surface area contributed by atoms with Crippen molar-refractivity contribution in [1.82, 2.24) is 15.8 Å². The molecule has 2 aromatic rings. The molecule has 0 aliphatic carbocycles. The fourth-order valence-corrected chi connectivity index (χ4v) is 1.65. The van der Waals surface area contributed by atoms with Crippen LogP contribution in [0, 0.1) is 0 Å². The maximum atomic E-state index is 10.00. The van der Waals surface area contributed by atoms with Crippen LogP contribution in [0.4, 0.5) is 0 Å². The zero-order valence-corrected chi connectivity index (χ0v) is 8.29. The zero-order valence-electron chi connectivity index (χ0n) is 8.29. The fraction of sp³-hybridized carbons (Fsp3) is 0.182. The molecular formula is C11H13N3O. The molecule has 0 atom stereocenters. The summed E-state index contributed by atoms with van der Waals surface area (Å²) in [6, 6.07) is 8.18. The Labute approximate surface area is 87.6 Å².